The summed E-state index contributed by atoms with van der Waals surface area (Å²) in [6.07, 6.45) is 6.15. The van der Waals surface area contributed by atoms with Gasteiger partial charge in [-0.3, -0.25) is 4.90 Å². The van der Waals surface area contributed by atoms with Crippen molar-refractivity contribution in [3.63, 3.8) is 0 Å². The summed E-state index contributed by atoms with van der Waals surface area (Å²) >= 11 is 1.81. The van der Waals surface area contributed by atoms with Gasteiger partial charge in [-0.25, -0.2) is 0 Å². The second kappa shape index (κ2) is 6.29. The fraction of sp³-hybridized carbons (Fsp3) is 0.625. The van der Waals surface area contributed by atoms with E-state index in [0.29, 0.717) is 0 Å². The number of ether oxygens (including phenoxy) is 1. The number of benzene rings is 1. The molecule has 1 heterocycles. The Bertz CT molecular complexity index is 396. The predicted octanol–water partition coefficient (Wildman–Crippen LogP) is 3.41. The van der Waals surface area contributed by atoms with Crippen LogP contribution in [0.15, 0.2) is 29.2 Å². The average molecular weight is 277 g/mol. The average Bonchev–Trinajstić information content (AvgIpc) is 3.17. The summed E-state index contributed by atoms with van der Waals surface area (Å²) in [7, 11) is 0. The molecular formula is C16H23NOS. The number of thioether (sulfide) groups is 1. The fourth-order valence-electron chi connectivity index (χ4n) is 2.81. The van der Waals surface area contributed by atoms with Crippen LogP contribution in [0.1, 0.15) is 24.8 Å². The second-order valence-corrected chi connectivity index (χ2v) is 6.62. The Balaban J connectivity index is 1.59. The highest BCUT2D eigenvalue weighted by Crippen LogP contribution is 2.30. The molecule has 0 spiro atoms. The number of hydrogen-bond acceptors (Lipinski definition) is 3. The summed E-state index contributed by atoms with van der Waals surface area (Å²) in [5.41, 5.74) is 1.45. The molecule has 1 aromatic carbocycles. The van der Waals surface area contributed by atoms with Crippen molar-refractivity contribution in [1.29, 1.82) is 0 Å². The van der Waals surface area contributed by atoms with Crippen LogP contribution in [0.3, 0.4) is 0 Å². The van der Waals surface area contributed by atoms with E-state index in [4.69, 9.17) is 4.74 Å². The van der Waals surface area contributed by atoms with Gasteiger partial charge in [-0.2, -0.15) is 0 Å². The van der Waals surface area contributed by atoms with Crippen LogP contribution in [-0.2, 0) is 11.3 Å². The van der Waals surface area contributed by atoms with Crippen LogP contribution in [0, 0.1) is 5.92 Å². The number of rotatable bonds is 6. The molecule has 2 nitrogen and oxygen atoms in total. The Morgan fingerprint density at radius 3 is 2.58 bits per heavy atom. The summed E-state index contributed by atoms with van der Waals surface area (Å²) in [4.78, 5) is 4.03. The fourth-order valence-corrected chi connectivity index (χ4v) is 3.22. The normalized spacial score (nSPS) is 23.2. The second-order valence-electron chi connectivity index (χ2n) is 5.74. The van der Waals surface area contributed by atoms with Gasteiger partial charge in [0.15, 0.2) is 0 Å². The third-order valence-corrected chi connectivity index (χ3v) is 4.87. The highest BCUT2D eigenvalue weighted by Gasteiger charge is 2.31. The van der Waals surface area contributed by atoms with Crippen LogP contribution in [-0.4, -0.2) is 37.0 Å². The molecule has 0 N–H and O–H groups in total. The Hall–Kier alpha value is -0.510. The van der Waals surface area contributed by atoms with Crippen LogP contribution < -0.4 is 0 Å². The van der Waals surface area contributed by atoms with Gasteiger partial charge in [0.05, 0.1) is 6.61 Å². The van der Waals surface area contributed by atoms with E-state index in [0.717, 1.165) is 31.7 Å². The molecule has 2 fully saturated rings. The maximum atomic E-state index is 5.51. The van der Waals surface area contributed by atoms with Crippen LogP contribution >= 0.6 is 11.8 Å². The summed E-state index contributed by atoms with van der Waals surface area (Å²) in [6, 6.07) is 9.88. The van der Waals surface area contributed by atoms with Gasteiger partial charge in [0.25, 0.3) is 0 Å². The first kappa shape index (κ1) is 13.5. The van der Waals surface area contributed by atoms with E-state index in [-0.39, 0.29) is 0 Å². The number of hydrogen-bond donors (Lipinski definition) is 0. The predicted molar refractivity (Wildman–Crippen MR) is 80.6 cm³/mol. The van der Waals surface area contributed by atoms with Gasteiger partial charge in [-0.1, -0.05) is 12.1 Å². The van der Waals surface area contributed by atoms with Crippen molar-refractivity contribution in [1.82, 2.24) is 4.90 Å². The van der Waals surface area contributed by atoms with Crippen LogP contribution in [0.5, 0.6) is 0 Å². The van der Waals surface area contributed by atoms with Crippen molar-refractivity contribution in [2.75, 3.05) is 26.0 Å². The molecule has 104 valence electrons. The molecule has 1 aliphatic carbocycles. The summed E-state index contributed by atoms with van der Waals surface area (Å²) < 4.78 is 5.51. The molecule has 1 aliphatic heterocycles. The van der Waals surface area contributed by atoms with E-state index in [1.807, 2.05) is 11.8 Å². The minimum absolute atomic E-state index is 0.756. The quantitative estimate of drug-likeness (QED) is 0.739. The van der Waals surface area contributed by atoms with Gasteiger partial charge in [0, 0.05) is 30.6 Å². The Morgan fingerprint density at radius 2 is 2.00 bits per heavy atom. The molecule has 2 aliphatic rings. The molecule has 0 radical (unpaired) electrons. The summed E-state index contributed by atoms with van der Waals surface area (Å²) in [6.45, 7) is 4.25. The lowest BCUT2D eigenvalue weighted by Crippen LogP contribution is -2.31. The minimum Gasteiger partial charge on any atom is -0.381 e. The van der Waals surface area contributed by atoms with Crippen molar-refractivity contribution < 1.29 is 4.74 Å². The number of nitrogens with zero attached hydrogens (tertiary/aromatic N) is 1. The third kappa shape index (κ3) is 3.74. The monoisotopic (exact) mass is 277 g/mol. The van der Waals surface area contributed by atoms with Gasteiger partial charge in [0.1, 0.15) is 0 Å². The van der Waals surface area contributed by atoms with E-state index < -0.39 is 0 Å². The standard InChI is InChI=1S/C16H23NOS/c1-19-16-6-2-13(3-7-16)10-17(15-4-5-15)11-14-8-9-18-12-14/h2-3,6-7,14-15H,4-5,8-12H2,1H3/t14-/m0/s1. The summed E-state index contributed by atoms with van der Waals surface area (Å²) in [5, 5.41) is 0. The zero-order valence-corrected chi connectivity index (χ0v) is 12.5. The highest BCUT2D eigenvalue weighted by atomic mass is 32.2. The molecule has 0 unspecified atom stereocenters. The lowest BCUT2D eigenvalue weighted by atomic mass is 10.1. The van der Waals surface area contributed by atoms with Gasteiger partial charge in [0.2, 0.25) is 0 Å². The third-order valence-electron chi connectivity index (χ3n) is 4.12. The van der Waals surface area contributed by atoms with E-state index in [2.05, 4.69) is 35.4 Å². The molecule has 1 atom stereocenters. The molecule has 1 saturated heterocycles. The molecule has 1 saturated carbocycles. The smallest absolute Gasteiger partial charge is 0.0507 e. The first-order valence-electron chi connectivity index (χ1n) is 7.30. The van der Waals surface area contributed by atoms with E-state index >= 15 is 0 Å². The summed E-state index contributed by atoms with van der Waals surface area (Å²) in [5.74, 6) is 0.756. The van der Waals surface area contributed by atoms with E-state index in [1.165, 1.54) is 36.3 Å². The maximum Gasteiger partial charge on any atom is 0.0507 e. The van der Waals surface area contributed by atoms with Gasteiger partial charge >= 0.3 is 0 Å². The SMILES string of the molecule is CSc1ccc(CN(C[C@@H]2CCOC2)C2CC2)cc1. The topological polar surface area (TPSA) is 12.5 Å². The van der Waals surface area contributed by atoms with Gasteiger partial charge in [-0.15, -0.1) is 11.8 Å². The molecule has 3 heteroatoms. The largest absolute Gasteiger partial charge is 0.381 e. The van der Waals surface area contributed by atoms with Gasteiger partial charge in [-0.05, 0) is 49.1 Å². The lowest BCUT2D eigenvalue weighted by Gasteiger charge is -2.25. The molecular weight excluding hydrogens is 254 g/mol. The Kier molecular flexibility index (Phi) is 4.46. The van der Waals surface area contributed by atoms with Crippen molar-refractivity contribution in [2.45, 2.75) is 36.7 Å². The highest BCUT2D eigenvalue weighted by molar-refractivity contribution is 7.98. The molecule has 1 aromatic rings. The first-order chi connectivity index (χ1) is 9.35. The van der Waals surface area contributed by atoms with Crippen LogP contribution in [0.25, 0.3) is 0 Å². The first-order valence-corrected chi connectivity index (χ1v) is 8.52. The molecule has 0 amide bonds. The Morgan fingerprint density at radius 1 is 1.21 bits per heavy atom. The van der Waals surface area contributed by atoms with Crippen LogP contribution in [0.4, 0.5) is 0 Å². The van der Waals surface area contributed by atoms with Crippen molar-refractivity contribution in [3.8, 4) is 0 Å². The van der Waals surface area contributed by atoms with E-state index in [9.17, 15) is 0 Å². The molecule has 3 rings (SSSR count). The maximum absolute atomic E-state index is 5.51. The molecule has 0 bridgehead atoms. The van der Waals surface area contributed by atoms with Crippen molar-refractivity contribution in [2.24, 2.45) is 5.92 Å². The zero-order valence-electron chi connectivity index (χ0n) is 11.7. The van der Waals surface area contributed by atoms with Crippen LogP contribution in [0.2, 0.25) is 0 Å². The van der Waals surface area contributed by atoms with Crippen molar-refractivity contribution >= 4 is 11.8 Å². The minimum atomic E-state index is 0.756. The lowest BCUT2D eigenvalue weighted by molar-refractivity contribution is 0.161. The Labute approximate surface area is 120 Å². The van der Waals surface area contributed by atoms with E-state index in [1.54, 1.807) is 0 Å². The van der Waals surface area contributed by atoms with Gasteiger partial charge < -0.3 is 4.74 Å². The molecule has 0 aromatic heterocycles. The zero-order chi connectivity index (χ0) is 13.1. The van der Waals surface area contributed by atoms with Crippen molar-refractivity contribution in [3.05, 3.63) is 29.8 Å². The molecule has 19 heavy (non-hydrogen) atoms.